The lowest BCUT2D eigenvalue weighted by atomic mass is 9.94. The maximum atomic E-state index is 13.1. The van der Waals surface area contributed by atoms with Crippen LogP contribution in [-0.2, 0) is 0 Å². The van der Waals surface area contributed by atoms with E-state index in [0.29, 0.717) is 17.3 Å². The predicted molar refractivity (Wildman–Crippen MR) is 67.9 cm³/mol. The van der Waals surface area contributed by atoms with Crippen molar-refractivity contribution in [2.24, 2.45) is 11.7 Å². The highest BCUT2D eigenvalue weighted by molar-refractivity contribution is 9.10. The van der Waals surface area contributed by atoms with Crippen LogP contribution in [0.5, 0.6) is 0 Å². The molecule has 2 rings (SSSR count). The van der Waals surface area contributed by atoms with E-state index in [2.05, 4.69) is 15.9 Å². The van der Waals surface area contributed by atoms with Gasteiger partial charge in [0.25, 0.3) is 0 Å². The zero-order valence-corrected chi connectivity index (χ0v) is 11.4. The molecule has 1 aromatic rings. The molecule has 5 heteroatoms. The van der Waals surface area contributed by atoms with Gasteiger partial charge in [-0.3, -0.25) is 0 Å². The molecule has 0 aromatic heterocycles. The molecular formula is C13H15BrF3N. The molecule has 1 nitrogen and oxygen atoms in total. The van der Waals surface area contributed by atoms with E-state index in [0.717, 1.165) is 5.56 Å². The van der Waals surface area contributed by atoms with Crippen LogP contribution in [0.4, 0.5) is 13.2 Å². The minimum atomic E-state index is -2.54. The standard InChI is InChI=1S/C13H15BrF3N/c14-11-6-9(15)1-2-10(11)12(18)5-8-3-4-13(16,17)7-8/h1-2,6,8,12H,3-5,7,18H2. The van der Waals surface area contributed by atoms with Crippen molar-refractivity contribution in [3.05, 3.63) is 34.1 Å². The molecule has 0 heterocycles. The summed E-state index contributed by atoms with van der Waals surface area (Å²) in [4.78, 5) is 0. The molecule has 0 saturated heterocycles. The molecule has 2 atom stereocenters. The van der Waals surface area contributed by atoms with Crippen LogP contribution in [0.25, 0.3) is 0 Å². The second-order valence-electron chi connectivity index (χ2n) is 4.97. The van der Waals surface area contributed by atoms with Gasteiger partial charge in [0.2, 0.25) is 5.92 Å². The maximum Gasteiger partial charge on any atom is 0.248 e. The van der Waals surface area contributed by atoms with Crippen LogP contribution in [0.1, 0.15) is 37.3 Å². The highest BCUT2D eigenvalue weighted by Gasteiger charge is 2.39. The summed E-state index contributed by atoms with van der Waals surface area (Å²) in [6.45, 7) is 0. The third-order valence-electron chi connectivity index (χ3n) is 3.45. The summed E-state index contributed by atoms with van der Waals surface area (Å²) in [5.41, 5.74) is 6.79. The zero-order valence-electron chi connectivity index (χ0n) is 9.80. The summed E-state index contributed by atoms with van der Waals surface area (Å²) in [6.07, 6.45) is 0.897. The normalized spacial score (nSPS) is 24.2. The first-order chi connectivity index (χ1) is 8.37. The number of halogens is 4. The SMILES string of the molecule is NC(CC1CCC(F)(F)C1)c1ccc(F)cc1Br. The number of hydrogen-bond donors (Lipinski definition) is 1. The van der Waals surface area contributed by atoms with Gasteiger partial charge in [0.15, 0.2) is 0 Å². The number of alkyl halides is 2. The molecule has 1 aliphatic rings. The fourth-order valence-corrected chi connectivity index (χ4v) is 3.18. The van der Waals surface area contributed by atoms with Gasteiger partial charge in [-0.1, -0.05) is 22.0 Å². The van der Waals surface area contributed by atoms with Gasteiger partial charge in [0.05, 0.1) is 0 Å². The summed E-state index contributed by atoms with van der Waals surface area (Å²) >= 11 is 3.25. The van der Waals surface area contributed by atoms with E-state index in [1.807, 2.05) is 0 Å². The summed E-state index contributed by atoms with van der Waals surface area (Å²) in [6, 6.07) is 3.96. The second-order valence-corrected chi connectivity index (χ2v) is 5.83. The Hall–Kier alpha value is -0.550. The Balaban J connectivity index is 2.02. The Morgan fingerprint density at radius 1 is 1.44 bits per heavy atom. The third kappa shape index (κ3) is 3.26. The molecule has 1 fully saturated rings. The minimum Gasteiger partial charge on any atom is -0.324 e. The van der Waals surface area contributed by atoms with Crippen LogP contribution in [0, 0.1) is 11.7 Å². The Morgan fingerprint density at radius 3 is 2.72 bits per heavy atom. The summed E-state index contributed by atoms with van der Waals surface area (Å²) in [5.74, 6) is -2.93. The predicted octanol–water partition coefficient (Wildman–Crippen LogP) is 4.41. The van der Waals surface area contributed by atoms with Gasteiger partial charge in [0.1, 0.15) is 5.82 Å². The largest absolute Gasteiger partial charge is 0.324 e. The van der Waals surface area contributed by atoms with E-state index in [4.69, 9.17) is 5.73 Å². The van der Waals surface area contributed by atoms with Crippen LogP contribution < -0.4 is 5.73 Å². The summed E-state index contributed by atoms with van der Waals surface area (Å²) in [5, 5.41) is 0. The number of nitrogens with two attached hydrogens (primary N) is 1. The zero-order chi connectivity index (χ0) is 13.3. The molecule has 0 bridgehead atoms. The molecular weight excluding hydrogens is 307 g/mol. The van der Waals surface area contributed by atoms with Gasteiger partial charge in [-0.2, -0.15) is 0 Å². The van der Waals surface area contributed by atoms with Crippen molar-refractivity contribution in [2.75, 3.05) is 0 Å². The topological polar surface area (TPSA) is 26.0 Å². The number of rotatable bonds is 3. The molecule has 2 N–H and O–H groups in total. The molecule has 18 heavy (non-hydrogen) atoms. The van der Waals surface area contributed by atoms with Gasteiger partial charge in [0, 0.05) is 23.4 Å². The molecule has 100 valence electrons. The lowest BCUT2D eigenvalue weighted by Crippen LogP contribution is -2.16. The fraction of sp³-hybridized carbons (Fsp3) is 0.538. The van der Waals surface area contributed by atoms with Crippen molar-refractivity contribution in [1.29, 1.82) is 0 Å². The molecule has 0 amide bonds. The van der Waals surface area contributed by atoms with Crippen molar-refractivity contribution in [3.63, 3.8) is 0 Å². The van der Waals surface area contributed by atoms with Gasteiger partial charge >= 0.3 is 0 Å². The Labute approximate surface area is 113 Å². The lowest BCUT2D eigenvalue weighted by molar-refractivity contribution is 0.00446. The molecule has 0 radical (unpaired) electrons. The molecule has 2 unspecified atom stereocenters. The van der Waals surface area contributed by atoms with E-state index in [1.165, 1.54) is 12.1 Å². The Bertz CT molecular complexity index is 436. The highest BCUT2D eigenvalue weighted by Crippen LogP contribution is 2.42. The quantitative estimate of drug-likeness (QED) is 0.876. The summed E-state index contributed by atoms with van der Waals surface area (Å²) in [7, 11) is 0. The Kier molecular flexibility index (Phi) is 4.02. The first-order valence-electron chi connectivity index (χ1n) is 5.96. The highest BCUT2D eigenvalue weighted by atomic mass is 79.9. The van der Waals surface area contributed by atoms with Crippen molar-refractivity contribution in [2.45, 2.75) is 37.6 Å². The van der Waals surface area contributed by atoms with E-state index in [-0.39, 0.29) is 30.6 Å². The fourth-order valence-electron chi connectivity index (χ4n) is 2.53. The maximum absolute atomic E-state index is 13.1. The molecule has 1 aliphatic carbocycles. The van der Waals surface area contributed by atoms with E-state index < -0.39 is 5.92 Å². The lowest BCUT2D eigenvalue weighted by Gasteiger charge is -2.18. The van der Waals surface area contributed by atoms with Crippen LogP contribution in [0.2, 0.25) is 0 Å². The van der Waals surface area contributed by atoms with Crippen molar-refractivity contribution >= 4 is 15.9 Å². The van der Waals surface area contributed by atoms with Crippen molar-refractivity contribution in [3.8, 4) is 0 Å². The van der Waals surface area contributed by atoms with Crippen LogP contribution in [0.3, 0.4) is 0 Å². The van der Waals surface area contributed by atoms with E-state index in [1.54, 1.807) is 6.07 Å². The molecule has 1 aromatic carbocycles. The van der Waals surface area contributed by atoms with E-state index in [9.17, 15) is 13.2 Å². The van der Waals surface area contributed by atoms with E-state index >= 15 is 0 Å². The average molecular weight is 322 g/mol. The monoisotopic (exact) mass is 321 g/mol. The molecule has 0 spiro atoms. The smallest absolute Gasteiger partial charge is 0.248 e. The van der Waals surface area contributed by atoms with Crippen LogP contribution in [0.15, 0.2) is 22.7 Å². The van der Waals surface area contributed by atoms with Crippen molar-refractivity contribution < 1.29 is 13.2 Å². The van der Waals surface area contributed by atoms with Gasteiger partial charge < -0.3 is 5.73 Å². The third-order valence-corrected chi connectivity index (χ3v) is 4.14. The average Bonchev–Trinajstić information content (AvgIpc) is 2.57. The van der Waals surface area contributed by atoms with Gasteiger partial charge in [-0.15, -0.1) is 0 Å². The van der Waals surface area contributed by atoms with Crippen LogP contribution >= 0.6 is 15.9 Å². The minimum absolute atomic E-state index is 0.0467. The van der Waals surface area contributed by atoms with Crippen LogP contribution in [-0.4, -0.2) is 5.92 Å². The first kappa shape index (κ1) is 13.9. The number of hydrogen-bond acceptors (Lipinski definition) is 1. The summed E-state index contributed by atoms with van der Waals surface area (Å²) < 4.78 is 39.7. The first-order valence-corrected chi connectivity index (χ1v) is 6.75. The van der Waals surface area contributed by atoms with Crippen molar-refractivity contribution in [1.82, 2.24) is 0 Å². The van der Waals surface area contributed by atoms with Gasteiger partial charge in [-0.05, 0) is 36.5 Å². The molecule has 1 saturated carbocycles. The number of benzene rings is 1. The second kappa shape index (κ2) is 5.21. The van der Waals surface area contributed by atoms with Gasteiger partial charge in [-0.25, -0.2) is 13.2 Å². The Morgan fingerprint density at radius 2 is 2.17 bits per heavy atom. The molecule has 0 aliphatic heterocycles.